The van der Waals surface area contributed by atoms with Gasteiger partial charge in [0.1, 0.15) is 0 Å². The Morgan fingerprint density at radius 2 is 1.59 bits per heavy atom. The molecule has 0 bridgehead atoms. The Balaban J connectivity index is 2.02. The summed E-state index contributed by atoms with van der Waals surface area (Å²) in [6.45, 7) is 3.67. The quantitative estimate of drug-likeness (QED) is 0.685. The molecule has 0 saturated carbocycles. The first-order valence-electron chi connectivity index (χ1n) is 6.54. The van der Waals surface area contributed by atoms with E-state index in [2.05, 4.69) is 42.5 Å². The maximum Gasteiger partial charge on any atom is 0.265 e. The highest BCUT2D eigenvalue weighted by molar-refractivity contribution is 9.13. The largest absolute Gasteiger partial charge is 0.326 e. The zero-order chi connectivity index (χ0) is 16.3. The minimum Gasteiger partial charge on any atom is -0.326 e. The van der Waals surface area contributed by atoms with Gasteiger partial charge in [0.15, 0.2) is 0 Å². The van der Waals surface area contributed by atoms with E-state index in [-0.39, 0.29) is 17.7 Å². The van der Waals surface area contributed by atoms with Gasteiger partial charge in [0.2, 0.25) is 5.91 Å². The van der Waals surface area contributed by atoms with Crippen LogP contribution in [0.4, 0.5) is 11.4 Å². The number of hydrogen-bond acceptors (Lipinski definition) is 3. The number of thiophene rings is 1. The van der Waals surface area contributed by atoms with E-state index in [0.717, 1.165) is 8.26 Å². The van der Waals surface area contributed by atoms with Gasteiger partial charge in [0.25, 0.3) is 5.91 Å². The van der Waals surface area contributed by atoms with Gasteiger partial charge in [0.05, 0.1) is 8.66 Å². The van der Waals surface area contributed by atoms with Crippen LogP contribution in [0.15, 0.2) is 38.6 Å². The molecule has 116 valence electrons. The molecule has 0 radical (unpaired) electrons. The van der Waals surface area contributed by atoms with Crippen LogP contribution < -0.4 is 10.6 Å². The van der Waals surface area contributed by atoms with Crippen LogP contribution in [-0.4, -0.2) is 11.8 Å². The number of nitrogens with one attached hydrogen (secondary N) is 2. The van der Waals surface area contributed by atoms with Crippen molar-refractivity contribution in [3.8, 4) is 0 Å². The molecule has 0 fully saturated rings. The summed E-state index contributed by atoms with van der Waals surface area (Å²) in [6.07, 6.45) is 0. The van der Waals surface area contributed by atoms with E-state index in [4.69, 9.17) is 0 Å². The highest BCUT2D eigenvalue weighted by Crippen LogP contribution is 2.32. The molecule has 2 rings (SSSR count). The van der Waals surface area contributed by atoms with Crippen LogP contribution in [0, 0.1) is 5.92 Å². The van der Waals surface area contributed by atoms with Crippen LogP contribution in [0.3, 0.4) is 0 Å². The molecule has 4 nitrogen and oxygen atoms in total. The van der Waals surface area contributed by atoms with Crippen LogP contribution >= 0.6 is 43.2 Å². The first-order valence-corrected chi connectivity index (χ1v) is 8.94. The van der Waals surface area contributed by atoms with Gasteiger partial charge in [-0.15, -0.1) is 11.3 Å². The highest BCUT2D eigenvalue weighted by Gasteiger charge is 2.12. The number of rotatable bonds is 4. The lowest BCUT2D eigenvalue weighted by Crippen LogP contribution is -2.17. The highest BCUT2D eigenvalue weighted by atomic mass is 79.9. The van der Waals surface area contributed by atoms with E-state index in [1.54, 1.807) is 30.3 Å². The van der Waals surface area contributed by atoms with Crippen LogP contribution in [-0.2, 0) is 4.79 Å². The molecule has 0 aliphatic rings. The molecule has 22 heavy (non-hydrogen) atoms. The Morgan fingerprint density at radius 3 is 2.05 bits per heavy atom. The number of carbonyl (C=O) groups is 2. The van der Waals surface area contributed by atoms with Gasteiger partial charge in [-0.1, -0.05) is 13.8 Å². The van der Waals surface area contributed by atoms with E-state index in [0.29, 0.717) is 16.3 Å². The van der Waals surface area contributed by atoms with Crippen molar-refractivity contribution in [1.29, 1.82) is 0 Å². The van der Waals surface area contributed by atoms with Crippen molar-refractivity contribution in [3.05, 3.63) is 43.5 Å². The lowest BCUT2D eigenvalue weighted by atomic mass is 10.2. The monoisotopic (exact) mass is 444 g/mol. The fraction of sp³-hybridized carbons (Fsp3) is 0.200. The molecule has 1 aromatic carbocycles. The first kappa shape index (κ1) is 17.2. The second kappa shape index (κ2) is 7.39. The Hall–Kier alpha value is -1.18. The van der Waals surface area contributed by atoms with Crippen molar-refractivity contribution < 1.29 is 9.59 Å². The first-order chi connectivity index (χ1) is 10.4. The second-order valence-corrected chi connectivity index (χ2v) is 8.13. The molecule has 0 atom stereocenters. The lowest BCUT2D eigenvalue weighted by molar-refractivity contribution is -0.118. The second-order valence-electron chi connectivity index (χ2n) is 4.91. The van der Waals surface area contributed by atoms with E-state index in [1.165, 1.54) is 11.3 Å². The standard InChI is InChI=1S/C15H14Br2N2O2S/c1-8(2)14(20)18-9-3-5-10(6-4-9)19-15(21)12-7-11(16)13(17)22-12/h3-8H,1-2H3,(H,18,20)(H,19,21). The summed E-state index contributed by atoms with van der Waals surface area (Å²) in [5, 5.41) is 5.62. The minimum absolute atomic E-state index is 0.0370. The fourth-order valence-corrected chi connectivity index (χ4v) is 3.51. The summed E-state index contributed by atoms with van der Waals surface area (Å²) in [4.78, 5) is 24.3. The average molecular weight is 446 g/mol. The Morgan fingerprint density at radius 1 is 1.05 bits per heavy atom. The van der Waals surface area contributed by atoms with Crippen molar-refractivity contribution in [2.24, 2.45) is 5.92 Å². The van der Waals surface area contributed by atoms with E-state index < -0.39 is 0 Å². The molecule has 0 aliphatic carbocycles. The molecule has 0 saturated heterocycles. The van der Waals surface area contributed by atoms with Crippen molar-refractivity contribution >= 4 is 66.4 Å². The maximum atomic E-state index is 12.1. The molecule has 0 spiro atoms. The summed E-state index contributed by atoms with van der Waals surface area (Å²) in [7, 11) is 0. The van der Waals surface area contributed by atoms with Crippen LogP contribution in [0.5, 0.6) is 0 Å². The van der Waals surface area contributed by atoms with Crippen LogP contribution in [0.25, 0.3) is 0 Å². The van der Waals surface area contributed by atoms with Gasteiger partial charge in [-0.2, -0.15) is 0 Å². The summed E-state index contributed by atoms with van der Waals surface area (Å²) in [5.74, 6) is -0.282. The van der Waals surface area contributed by atoms with Crippen molar-refractivity contribution in [2.45, 2.75) is 13.8 Å². The van der Waals surface area contributed by atoms with E-state index in [1.807, 2.05) is 13.8 Å². The van der Waals surface area contributed by atoms with Crippen LogP contribution in [0.1, 0.15) is 23.5 Å². The molecule has 2 aromatic rings. The molecule has 2 amide bonds. The SMILES string of the molecule is CC(C)C(=O)Nc1ccc(NC(=O)c2cc(Br)c(Br)s2)cc1. The number of hydrogen-bond donors (Lipinski definition) is 2. The zero-order valence-corrected chi connectivity index (χ0v) is 15.9. The number of benzene rings is 1. The van der Waals surface area contributed by atoms with Crippen molar-refractivity contribution in [1.82, 2.24) is 0 Å². The number of amides is 2. The van der Waals surface area contributed by atoms with Gasteiger partial charge in [0, 0.05) is 21.8 Å². The Bertz CT molecular complexity index is 677. The molecular formula is C15H14Br2N2O2S. The third kappa shape index (κ3) is 4.41. The predicted molar refractivity (Wildman–Crippen MR) is 97.6 cm³/mol. The van der Waals surface area contributed by atoms with Crippen LogP contribution in [0.2, 0.25) is 0 Å². The van der Waals surface area contributed by atoms with Gasteiger partial charge >= 0.3 is 0 Å². The summed E-state index contributed by atoms with van der Waals surface area (Å²) < 4.78 is 1.73. The third-order valence-electron chi connectivity index (χ3n) is 2.80. The fourth-order valence-electron chi connectivity index (χ4n) is 1.57. The lowest BCUT2D eigenvalue weighted by Gasteiger charge is -2.09. The number of carbonyl (C=O) groups excluding carboxylic acids is 2. The average Bonchev–Trinajstić information content (AvgIpc) is 2.81. The predicted octanol–water partition coefficient (Wildman–Crippen LogP) is 5.12. The summed E-state index contributed by atoms with van der Waals surface area (Å²) in [5.41, 5.74) is 1.38. The van der Waals surface area contributed by atoms with Gasteiger partial charge in [-0.3, -0.25) is 9.59 Å². The molecular weight excluding hydrogens is 432 g/mol. The molecule has 2 N–H and O–H groups in total. The number of anilines is 2. The van der Waals surface area contributed by atoms with Gasteiger partial charge in [-0.25, -0.2) is 0 Å². The van der Waals surface area contributed by atoms with E-state index in [9.17, 15) is 9.59 Å². The zero-order valence-electron chi connectivity index (χ0n) is 11.9. The van der Waals surface area contributed by atoms with E-state index >= 15 is 0 Å². The van der Waals surface area contributed by atoms with Crippen molar-refractivity contribution in [3.63, 3.8) is 0 Å². The van der Waals surface area contributed by atoms with Gasteiger partial charge < -0.3 is 10.6 Å². The van der Waals surface area contributed by atoms with Crippen molar-refractivity contribution in [2.75, 3.05) is 10.6 Å². The molecule has 1 aromatic heterocycles. The minimum atomic E-state index is -0.171. The molecule has 0 aliphatic heterocycles. The normalized spacial score (nSPS) is 10.6. The molecule has 1 heterocycles. The topological polar surface area (TPSA) is 58.2 Å². The smallest absolute Gasteiger partial charge is 0.265 e. The molecule has 0 unspecified atom stereocenters. The van der Waals surface area contributed by atoms with Gasteiger partial charge in [-0.05, 0) is 62.2 Å². The maximum absolute atomic E-state index is 12.1. The summed E-state index contributed by atoms with van der Waals surface area (Å²) >= 11 is 8.08. The third-order valence-corrected chi connectivity index (χ3v) is 6.06. The number of halogens is 2. The Labute approximate surface area is 149 Å². The molecule has 7 heteroatoms. The Kier molecular flexibility index (Phi) is 5.77. The summed E-state index contributed by atoms with van der Waals surface area (Å²) in [6, 6.07) is 8.80.